The average molecular weight is 357 g/mol. The molecule has 7 heteroatoms. The summed E-state index contributed by atoms with van der Waals surface area (Å²) in [6.07, 6.45) is 1.90. The molecule has 2 heterocycles. The Morgan fingerprint density at radius 3 is 2.58 bits per heavy atom. The topological polar surface area (TPSA) is 74.0 Å². The van der Waals surface area contributed by atoms with Crippen LogP contribution in [0.15, 0.2) is 12.1 Å². The first-order chi connectivity index (χ1) is 11.1. The summed E-state index contributed by atoms with van der Waals surface area (Å²) >= 11 is 0. The summed E-state index contributed by atoms with van der Waals surface area (Å²) < 4.78 is 16.5. The molecule has 1 fully saturated rings. The lowest BCUT2D eigenvalue weighted by Gasteiger charge is -2.34. The Labute approximate surface area is 148 Å². The number of nitrogens with zero attached hydrogens (tertiary/aromatic N) is 1. The summed E-state index contributed by atoms with van der Waals surface area (Å²) in [5, 5.41) is 0. The van der Waals surface area contributed by atoms with Crippen molar-refractivity contribution >= 4 is 18.3 Å². The molecule has 1 atom stereocenters. The first-order valence-electron chi connectivity index (χ1n) is 8.12. The van der Waals surface area contributed by atoms with Gasteiger partial charge in [0.2, 0.25) is 5.75 Å². The van der Waals surface area contributed by atoms with E-state index >= 15 is 0 Å². The van der Waals surface area contributed by atoms with Crippen LogP contribution in [0.25, 0.3) is 0 Å². The van der Waals surface area contributed by atoms with Crippen molar-refractivity contribution in [3.63, 3.8) is 0 Å². The highest BCUT2D eigenvalue weighted by Gasteiger charge is 2.27. The number of hydrogen-bond acceptors (Lipinski definition) is 5. The molecule has 2 aliphatic heterocycles. The van der Waals surface area contributed by atoms with E-state index in [1.165, 1.54) is 0 Å². The Balaban J connectivity index is 0.00000208. The van der Waals surface area contributed by atoms with Crippen LogP contribution in [0.4, 0.5) is 0 Å². The highest BCUT2D eigenvalue weighted by atomic mass is 35.5. The molecular formula is C17H25ClN2O4. The second-order valence-corrected chi connectivity index (χ2v) is 6.19. The smallest absolute Gasteiger partial charge is 0.254 e. The number of likely N-dealkylation sites (tertiary alicyclic amines) is 1. The van der Waals surface area contributed by atoms with Crippen LogP contribution in [0, 0.1) is 5.92 Å². The molecule has 6 nitrogen and oxygen atoms in total. The monoisotopic (exact) mass is 356 g/mol. The number of hydrogen-bond donors (Lipinski definition) is 1. The second-order valence-electron chi connectivity index (χ2n) is 6.19. The first kappa shape index (κ1) is 18.7. The standard InChI is InChI=1S/C17H24N2O4.ClH/c1-11(18)12-3-5-19(6-4-12)17(20)13-9-14(21-2)16-15(10-13)22-7-8-23-16;/h9-12H,3-8,18H2,1-2H3;1H. The van der Waals surface area contributed by atoms with Gasteiger partial charge < -0.3 is 24.8 Å². The number of carbonyl (C=O) groups excluding carboxylic acids is 1. The van der Waals surface area contributed by atoms with Crippen molar-refractivity contribution in [2.75, 3.05) is 33.4 Å². The quantitative estimate of drug-likeness (QED) is 0.897. The Hall–Kier alpha value is -1.66. The van der Waals surface area contributed by atoms with Gasteiger partial charge in [0.25, 0.3) is 5.91 Å². The van der Waals surface area contributed by atoms with Gasteiger partial charge >= 0.3 is 0 Å². The lowest BCUT2D eigenvalue weighted by atomic mass is 9.90. The number of nitrogens with two attached hydrogens (primary N) is 1. The zero-order chi connectivity index (χ0) is 16.4. The van der Waals surface area contributed by atoms with Crippen LogP contribution in [-0.2, 0) is 0 Å². The van der Waals surface area contributed by atoms with E-state index in [9.17, 15) is 4.79 Å². The maximum absolute atomic E-state index is 12.8. The summed E-state index contributed by atoms with van der Waals surface area (Å²) in [6.45, 7) is 4.48. The van der Waals surface area contributed by atoms with Gasteiger partial charge in [-0.25, -0.2) is 0 Å². The van der Waals surface area contributed by atoms with Gasteiger partial charge in [-0.3, -0.25) is 4.79 Å². The number of benzene rings is 1. The number of fused-ring (bicyclic) bond motifs is 1. The molecule has 0 radical (unpaired) electrons. The summed E-state index contributed by atoms with van der Waals surface area (Å²) in [5.41, 5.74) is 6.54. The summed E-state index contributed by atoms with van der Waals surface area (Å²) in [5.74, 6) is 2.18. The van der Waals surface area contributed by atoms with Crippen LogP contribution in [0.5, 0.6) is 17.2 Å². The van der Waals surface area contributed by atoms with Crippen molar-refractivity contribution in [1.82, 2.24) is 4.90 Å². The molecule has 0 bridgehead atoms. The van der Waals surface area contributed by atoms with Crippen LogP contribution < -0.4 is 19.9 Å². The lowest BCUT2D eigenvalue weighted by Crippen LogP contribution is -2.42. The van der Waals surface area contributed by atoms with E-state index in [4.69, 9.17) is 19.9 Å². The molecule has 2 aliphatic rings. The van der Waals surface area contributed by atoms with E-state index in [0.29, 0.717) is 41.9 Å². The highest BCUT2D eigenvalue weighted by Crippen LogP contribution is 2.40. The average Bonchev–Trinajstić information content (AvgIpc) is 2.60. The highest BCUT2D eigenvalue weighted by molar-refractivity contribution is 5.95. The van der Waals surface area contributed by atoms with E-state index in [0.717, 1.165) is 25.9 Å². The normalized spacial score (nSPS) is 18.5. The molecule has 1 aromatic carbocycles. The molecule has 1 unspecified atom stereocenters. The molecule has 134 valence electrons. The van der Waals surface area contributed by atoms with Gasteiger partial charge in [-0.05, 0) is 37.8 Å². The summed E-state index contributed by atoms with van der Waals surface area (Å²) in [6, 6.07) is 3.66. The maximum Gasteiger partial charge on any atom is 0.254 e. The van der Waals surface area contributed by atoms with Crippen LogP contribution in [-0.4, -0.2) is 50.3 Å². The van der Waals surface area contributed by atoms with Gasteiger partial charge in [0.1, 0.15) is 13.2 Å². The number of methoxy groups -OCH3 is 1. The maximum atomic E-state index is 12.8. The third kappa shape index (κ3) is 3.70. The van der Waals surface area contributed by atoms with Gasteiger partial charge in [0.15, 0.2) is 11.5 Å². The van der Waals surface area contributed by atoms with Crippen molar-refractivity contribution in [2.24, 2.45) is 11.7 Å². The molecule has 0 saturated carbocycles. The van der Waals surface area contributed by atoms with Gasteiger partial charge in [0, 0.05) is 24.7 Å². The fraction of sp³-hybridized carbons (Fsp3) is 0.588. The van der Waals surface area contributed by atoms with E-state index in [1.54, 1.807) is 19.2 Å². The summed E-state index contributed by atoms with van der Waals surface area (Å²) in [4.78, 5) is 14.7. The molecule has 3 rings (SSSR count). The Morgan fingerprint density at radius 1 is 1.29 bits per heavy atom. The molecular weight excluding hydrogens is 332 g/mol. The van der Waals surface area contributed by atoms with Crippen molar-refractivity contribution in [1.29, 1.82) is 0 Å². The minimum Gasteiger partial charge on any atom is -0.493 e. The van der Waals surface area contributed by atoms with Gasteiger partial charge in [-0.2, -0.15) is 0 Å². The zero-order valence-corrected chi connectivity index (χ0v) is 14.9. The minimum absolute atomic E-state index is 0. The minimum atomic E-state index is 0. The Bertz CT molecular complexity index is 569. The fourth-order valence-electron chi connectivity index (χ4n) is 3.21. The number of rotatable bonds is 3. The Morgan fingerprint density at radius 2 is 1.96 bits per heavy atom. The third-order valence-corrected chi connectivity index (χ3v) is 4.65. The molecule has 0 aliphatic carbocycles. The van der Waals surface area contributed by atoms with Crippen molar-refractivity contribution in [2.45, 2.75) is 25.8 Å². The molecule has 0 aromatic heterocycles. The van der Waals surface area contributed by atoms with Crippen LogP contribution >= 0.6 is 12.4 Å². The van der Waals surface area contributed by atoms with E-state index < -0.39 is 0 Å². The first-order valence-corrected chi connectivity index (χ1v) is 8.12. The SMILES string of the molecule is COc1cc(C(=O)N2CCC(C(C)N)CC2)cc2c1OCCO2.Cl. The van der Waals surface area contributed by atoms with Crippen LogP contribution in [0.1, 0.15) is 30.1 Å². The zero-order valence-electron chi connectivity index (χ0n) is 14.1. The van der Waals surface area contributed by atoms with E-state index in [-0.39, 0.29) is 24.4 Å². The molecule has 1 aromatic rings. The molecule has 24 heavy (non-hydrogen) atoms. The lowest BCUT2D eigenvalue weighted by molar-refractivity contribution is 0.0679. The molecule has 2 N–H and O–H groups in total. The summed E-state index contributed by atoms with van der Waals surface area (Å²) in [7, 11) is 1.57. The predicted molar refractivity (Wildman–Crippen MR) is 93.5 cm³/mol. The van der Waals surface area contributed by atoms with Gasteiger partial charge in [0.05, 0.1) is 7.11 Å². The van der Waals surface area contributed by atoms with Gasteiger partial charge in [-0.15, -0.1) is 12.4 Å². The van der Waals surface area contributed by atoms with Crippen LogP contribution in [0.2, 0.25) is 0 Å². The second kappa shape index (κ2) is 7.94. The van der Waals surface area contributed by atoms with E-state index in [1.807, 2.05) is 11.8 Å². The number of piperidine rings is 1. The number of carbonyl (C=O) groups is 1. The fourth-order valence-corrected chi connectivity index (χ4v) is 3.21. The third-order valence-electron chi connectivity index (χ3n) is 4.65. The van der Waals surface area contributed by atoms with Crippen molar-refractivity contribution in [3.8, 4) is 17.2 Å². The molecule has 1 saturated heterocycles. The Kier molecular flexibility index (Phi) is 6.18. The van der Waals surface area contributed by atoms with Gasteiger partial charge in [-0.1, -0.05) is 0 Å². The van der Waals surface area contributed by atoms with E-state index in [2.05, 4.69) is 0 Å². The molecule has 1 amide bonds. The predicted octanol–water partition coefficient (Wildman–Crippen LogP) is 2.09. The van der Waals surface area contributed by atoms with Crippen molar-refractivity contribution < 1.29 is 19.0 Å². The van der Waals surface area contributed by atoms with Crippen molar-refractivity contribution in [3.05, 3.63) is 17.7 Å². The largest absolute Gasteiger partial charge is 0.493 e. The number of amides is 1. The number of ether oxygens (including phenoxy) is 3. The van der Waals surface area contributed by atoms with Crippen LogP contribution in [0.3, 0.4) is 0 Å². The number of halogens is 1. The molecule has 0 spiro atoms.